The fourth-order valence-electron chi connectivity index (χ4n) is 1.81. The molecule has 4 heteroatoms. The Morgan fingerprint density at radius 1 is 1.53 bits per heavy atom. The molecule has 2 rings (SSSR count). The highest BCUT2D eigenvalue weighted by Gasteiger charge is 2.15. The third kappa shape index (κ3) is 1.88. The maximum Gasteiger partial charge on any atom is 0.411 e. The van der Waals surface area contributed by atoms with Crippen LogP contribution in [0.4, 0.5) is 16.2 Å². The van der Waals surface area contributed by atoms with E-state index in [1.54, 1.807) is 0 Å². The van der Waals surface area contributed by atoms with Crippen LogP contribution >= 0.6 is 0 Å². The fourth-order valence-corrected chi connectivity index (χ4v) is 1.81. The van der Waals surface area contributed by atoms with Gasteiger partial charge >= 0.3 is 6.09 Å². The average Bonchev–Trinajstić information content (AvgIpc) is 2.60. The molecule has 1 amide bonds. The Labute approximate surface area is 88.8 Å². The standard InChI is InChI=1S/C11H14N2O2/c1-13-6-5-8-7-9(3-4-10(8)13)12-11(14)15-2/h3-4,7H,5-6H2,1-2H3,(H,12,14). The van der Waals surface area contributed by atoms with E-state index in [9.17, 15) is 4.79 Å². The number of fused-ring (bicyclic) bond motifs is 1. The van der Waals surface area contributed by atoms with E-state index in [1.165, 1.54) is 18.4 Å². The molecule has 15 heavy (non-hydrogen) atoms. The van der Waals surface area contributed by atoms with Crippen molar-refractivity contribution in [3.05, 3.63) is 23.8 Å². The van der Waals surface area contributed by atoms with E-state index in [0.29, 0.717) is 0 Å². The molecule has 4 nitrogen and oxygen atoms in total. The second-order valence-corrected chi connectivity index (χ2v) is 3.63. The minimum atomic E-state index is -0.429. The first-order valence-electron chi connectivity index (χ1n) is 4.90. The van der Waals surface area contributed by atoms with Crippen LogP contribution < -0.4 is 10.2 Å². The Morgan fingerprint density at radius 3 is 3.07 bits per heavy atom. The molecule has 1 aromatic rings. The first kappa shape index (κ1) is 9.83. The number of nitrogens with zero attached hydrogens (tertiary/aromatic N) is 1. The van der Waals surface area contributed by atoms with E-state index in [-0.39, 0.29) is 0 Å². The normalized spacial score (nSPS) is 13.6. The van der Waals surface area contributed by atoms with Crippen LogP contribution in [-0.4, -0.2) is 26.8 Å². The third-order valence-corrected chi connectivity index (χ3v) is 2.64. The van der Waals surface area contributed by atoms with E-state index < -0.39 is 6.09 Å². The van der Waals surface area contributed by atoms with Gasteiger partial charge in [-0.3, -0.25) is 5.32 Å². The summed E-state index contributed by atoms with van der Waals surface area (Å²) in [5.41, 5.74) is 3.30. The summed E-state index contributed by atoms with van der Waals surface area (Å²) in [6.45, 7) is 1.04. The Hall–Kier alpha value is -1.71. The largest absolute Gasteiger partial charge is 0.453 e. The van der Waals surface area contributed by atoms with Gasteiger partial charge in [0.15, 0.2) is 0 Å². The van der Waals surface area contributed by atoms with Gasteiger partial charge in [-0.05, 0) is 30.2 Å². The molecule has 0 radical (unpaired) electrons. The summed E-state index contributed by atoms with van der Waals surface area (Å²) in [6, 6.07) is 5.90. The predicted octanol–water partition coefficient (Wildman–Crippen LogP) is 1.86. The van der Waals surface area contributed by atoms with E-state index in [4.69, 9.17) is 0 Å². The van der Waals surface area contributed by atoms with Gasteiger partial charge in [0.2, 0.25) is 0 Å². The second kappa shape index (κ2) is 3.81. The lowest BCUT2D eigenvalue weighted by molar-refractivity contribution is 0.187. The smallest absolute Gasteiger partial charge is 0.411 e. The molecule has 80 valence electrons. The Morgan fingerprint density at radius 2 is 2.33 bits per heavy atom. The number of hydrogen-bond acceptors (Lipinski definition) is 3. The van der Waals surface area contributed by atoms with Crippen molar-refractivity contribution in [3.63, 3.8) is 0 Å². The topological polar surface area (TPSA) is 41.6 Å². The Bertz CT molecular complexity index is 390. The molecule has 0 saturated heterocycles. The molecular weight excluding hydrogens is 192 g/mol. The number of likely N-dealkylation sites (N-methyl/N-ethyl adjacent to an activating group) is 1. The van der Waals surface area contributed by atoms with Crippen molar-refractivity contribution in [2.45, 2.75) is 6.42 Å². The highest BCUT2D eigenvalue weighted by molar-refractivity contribution is 5.85. The molecule has 0 saturated carbocycles. The summed E-state index contributed by atoms with van der Waals surface area (Å²) < 4.78 is 4.53. The van der Waals surface area contributed by atoms with Crippen molar-refractivity contribution in [1.29, 1.82) is 0 Å². The molecule has 0 unspecified atom stereocenters. The molecule has 1 aliphatic heterocycles. The molecule has 1 N–H and O–H groups in total. The number of amides is 1. The van der Waals surface area contributed by atoms with Gasteiger partial charge in [0.1, 0.15) is 0 Å². The number of methoxy groups -OCH3 is 1. The zero-order chi connectivity index (χ0) is 10.8. The highest BCUT2D eigenvalue weighted by atomic mass is 16.5. The van der Waals surface area contributed by atoms with Gasteiger partial charge in [-0.25, -0.2) is 4.79 Å². The molecule has 0 aromatic heterocycles. The van der Waals surface area contributed by atoms with Crippen LogP contribution in [0, 0.1) is 0 Å². The van der Waals surface area contributed by atoms with Crippen LogP contribution in [0.25, 0.3) is 0 Å². The molecular formula is C11H14N2O2. The number of carbonyl (C=O) groups excluding carboxylic acids is 1. The predicted molar refractivity (Wildman–Crippen MR) is 59.4 cm³/mol. The van der Waals surface area contributed by atoms with Gasteiger partial charge in [0, 0.05) is 25.0 Å². The SMILES string of the molecule is COC(=O)Nc1ccc2c(c1)CCN2C. The van der Waals surface area contributed by atoms with Crippen molar-refractivity contribution < 1.29 is 9.53 Å². The van der Waals surface area contributed by atoms with Gasteiger partial charge < -0.3 is 9.64 Å². The first-order chi connectivity index (χ1) is 7.20. The summed E-state index contributed by atoms with van der Waals surface area (Å²) in [5.74, 6) is 0. The van der Waals surface area contributed by atoms with Crippen molar-refractivity contribution in [3.8, 4) is 0 Å². The van der Waals surface area contributed by atoms with Crippen LogP contribution in [-0.2, 0) is 11.2 Å². The molecule has 1 heterocycles. The third-order valence-electron chi connectivity index (χ3n) is 2.64. The molecule has 0 fully saturated rings. The Kier molecular flexibility index (Phi) is 2.49. The minimum absolute atomic E-state index is 0.429. The van der Waals surface area contributed by atoms with Crippen LogP contribution in [0.3, 0.4) is 0 Å². The maximum absolute atomic E-state index is 11.0. The lowest BCUT2D eigenvalue weighted by Crippen LogP contribution is -2.12. The van der Waals surface area contributed by atoms with Crippen LogP contribution in [0.15, 0.2) is 18.2 Å². The van der Waals surface area contributed by atoms with E-state index in [1.807, 2.05) is 18.2 Å². The summed E-state index contributed by atoms with van der Waals surface area (Å²) >= 11 is 0. The number of rotatable bonds is 1. The zero-order valence-corrected chi connectivity index (χ0v) is 8.91. The van der Waals surface area contributed by atoms with Crippen molar-refractivity contribution in [2.75, 3.05) is 30.9 Å². The molecule has 0 bridgehead atoms. The average molecular weight is 206 g/mol. The second-order valence-electron chi connectivity index (χ2n) is 3.63. The number of ether oxygens (including phenoxy) is 1. The van der Waals surface area contributed by atoms with E-state index in [0.717, 1.165) is 18.7 Å². The summed E-state index contributed by atoms with van der Waals surface area (Å²) in [7, 11) is 3.43. The zero-order valence-electron chi connectivity index (χ0n) is 8.91. The molecule has 1 aliphatic rings. The van der Waals surface area contributed by atoms with Crippen LogP contribution in [0.1, 0.15) is 5.56 Å². The van der Waals surface area contributed by atoms with Gasteiger partial charge in [-0.2, -0.15) is 0 Å². The number of benzene rings is 1. The Balaban J connectivity index is 2.19. The van der Waals surface area contributed by atoms with Crippen LogP contribution in [0.5, 0.6) is 0 Å². The summed E-state index contributed by atoms with van der Waals surface area (Å²) in [6.07, 6.45) is 0.601. The van der Waals surface area contributed by atoms with Crippen molar-refractivity contribution in [2.24, 2.45) is 0 Å². The van der Waals surface area contributed by atoms with Gasteiger partial charge in [-0.1, -0.05) is 0 Å². The van der Waals surface area contributed by atoms with E-state index in [2.05, 4.69) is 22.0 Å². The quantitative estimate of drug-likeness (QED) is 0.762. The van der Waals surface area contributed by atoms with Gasteiger partial charge in [0.05, 0.1) is 7.11 Å². The first-order valence-corrected chi connectivity index (χ1v) is 4.90. The molecule has 0 atom stereocenters. The van der Waals surface area contributed by atoms with Crippen molar-refractivity contribution in [1.82, 2.24) is 0 Å². The lowest BCUT2D eigenvalue weighted by atomic mass is 10.1. The minimum Gasteiger partial charge on any atom is -0.453 e. The van der Waals surface area contributed by atoms with Gasteiger partial charge in [-0.15, -0.1) is 0 Å². The molecule has 0 spiro atoms. The number of hydrogen-bond donors (Lipinski definition) is 1. The highest BCUT2D eigenvalue weighted by Crippen LogP contribution is 2.28. The lowest BCUT2D eigenvalue weighted by Gasteiger charge is -2.12. The fraction of sp³-hybridized carbons (Fsp3) is 0.364. The maximum atomic E-state index is 11.0. The summed E-state index contributed by atoms with van der Waals surface area (Å²) in [4.78, 5) is 13.2. The molecule has 0 aliphatic carbocycles. The number of carbonyl (C=O) groups is 1. The number of nitrogens with one attached hydrogen (secondary N) is 1. The summed E-state index contributed by atoms with van der Waals surface area (Å²) in [5, 5.41) is 2.66. The monoisotopic (exact) mass is 206 g/mol. The van der Waals surface area contributed by atoms with Gasteiger partial charge in [0.25, 0.3) is 0 Å². The van der Waals surface area contributed by atoms with E-state index >= 15 is 0 Å². The van der Waals surface area contributed by atoms with Crippen LogP contribution in [0.2, 0.25) is 0 Å². The van der Waals surface area contributed by atoms with Crippen molar-refractivity contribution >= 4 is 17.5 Å². The number of anilines is 2. The molecule has 1 aromatic carbocycles.